The molecule has 0 aromatic heterocycles. The van der Waals surface area contributed by atoms with Crippen LogP contribution in [0.3, 0.4) is 0 Å². The molecule has 0 bridgehead atoms. The molecule has 0 atom stereocenters. The summed E-state index contributed by atoms with van der Waals surface area (Å²) in [4.78, 5) is 10.6. The van der Waals surface area contributed by atoms with Gasteiger partial charge in [-0.15, -0.1) is 0 Å². The van der Waals surface area contributed by atoms with Gasteiger partial charge in [0.25, 0.3) is 5.91 Å². The van der Waals surface area contributed by atoms with E-state index in [4.69, 9.17) is 20.7 Å². The Labute approximate surface area is 112 Å². The van der Waals surface area contributed by atoms with Crippen molar-refractivity contribution >= 4 is 5.91 Å². The molecule has 19 heavy (non-hydrogen) atoms. The van der Waals surface area contributed by atoms with Gasteiger partial charge in [-0.2, -0.15) is 0 Å². The zero-order chi connectivity index (χ0) is 14.3. The molecule has 1 aromatic rings. The van der Waals surface area contributed by atoms with Crippen LogP contribution in [0, 0.1) is 0 Å². The van der Waals surface area contributed by atoms with Gasteiger partial charge in [0.2, 0.25) is 0 Å². The number of rotatable bonds is 8. The van der Waals surface area contributed by atoms with Gasteiger partial charge < -0.3 is 26.0 Å². The first-order valence-corrected chi connectivity index (χ1v) is 5.96. The van der Waals surface area contributed by atoms with Crippen LogP contribution in [-0.2, 0) is 11.3 Å². The second kappa shape index (κ2) is 7.08. The summed E-state index contributed by atoms with van der Waals surface area (Å²) in [7, 11) is 0. The van der Waals surface area contributed by atoms with E-state index in [1.54, 1.807) is 19.1 Å². The van der Waals surface area contributed by atoms with Crippen molar-refractivity contribution < 1.29 is 19.7 Å². The number of amides is 1. The van der Waals surface area contributed by atoms with E-state index in [2.05, 4.69) is 5.32 Å². The van der Waals surface area contributed by atoms with E-state index in [-0.39, 0.29) is 19.8 Å². The summed E-state index contributed by atoms with van der Waals surface area (Å²) >= 11 is 0. The molecule has 106 valence electrons. The summed E-state index contributed by atoms with van der Waals surface area (Å²) in [5.74, 6) is 0.0435. The van der Waals surface area contributed by atoms with Gasteiger partial charge >= 0.3 is 0 Å². The van der Waals surface area contributed by atoms with Crippen molar-refractivity contribution in [1.82, 2.24) is 5.32 Å². The van der Waals surface area contributed by atoms with Crippen LogP contribution in [0.1, 0.15) is 12.5 Å². The van der Waals surface area contributed by atoms with Gasteiger partial charge in [0.1, 0.15) is 5.75 Å². The van der Waals surface area contributed by atoms with E-state index in [9.17, 15) is 4.79 Å². The quantitative estimate of drug-likeness (QED) is 0.503. The monoisotopic (exact) mass is 268 g/mol. The molecular formula is C13H20N2O4. The third-order valence-electron chi connectivity index (χ3n) is 2.72. The van der Waals surface area contributed by atoms with Gasteiger partial charge in [0.05, 0.1) is 18.8 Å². The van der Waals surface area contributed by atoms with Crippen molar-refractivity contribution in [2.45, 2.75) is 19.0 Å². The fourth-order valence-electron chi connectivity index (χ4n) is 1.34. The smallest absolute Gasteiger partial charge is 0.255 e. The Balaban J connectivity index is 2.50. The van der Waals surface area contributed by atoms with E-state index in [0.29, 0.717) is 12.3 Å². The van der Waals surface area contributed by atoms with Gasteiger partial charge in [0, 0.05) is 6.54 Å². The maximum absolute atomic E-state index is 10.6. The van der Waals surface area contributed by atoms with E-state index in [1.165, 1.54) is 0 Å². The molecule has 5 N–H and O–H groups in total. The van der Waals surface area contributed by atoms with Crippen molar-refractivity contribution in [3.8, 4) is 5.75 Å². The highest BCUT2D eigenvalue weighted by molar-refractivity contribution is 5.75. The number of benzene rings is 1. The first-order valence-electron chi connectivity index (χ1n) is 5.96. The molecular weight excluding hydrogens is 248 g/mol. The minimum atomic E-state index is -0.707. The lowest BCUT2D eigenvalue weighted by atomic mass is 10.0. The van der Waals surface area contributed by atoms with Crippen LogP contribution < -0.4 is 15.8 Å². The molecule has 0 spiro atoms. The number of primary amides is 1. The Bertz CT molecular complexity index is 402. The van der Waals surface area contributed by atoms with Gasteiger partial charge in [-0.05, 0) is 24.6 Å². The standard InChI is InChI=1S/C13H20N2O4/c1-13(8-16,9-17)15-6-10-2-4-11(5-3-10)19-7-12(14)18/h2-5,15-17H,6-9H2,1H3,(H2,14,18). The lowest BCUT2D eigenvalue weighted by molar-refractivity contribution is -0.119. The highest BCUT2D eigenvalue weighted by Crippen LogP contribution is 2.13. The molecule has 6 nitrogen and oxygen atoms in total. The number of hydrogen-bond donors (Lipinski definition) is 4. The molecule has 0 heterocycles. The second-order valence-electron chi connectivity index (χ2n) is 4.63. The van der Waals surface area contributed by atoms with Crippen molar-refractivity contribution in [1.29, 1.82) is 0 Å². The highest BCUT2D eigenvalue weighted by Gasteiger charge is 2.20. The molecule has 1 rings (SSSR count). The van der Waals surface area contributed by atoms with Crippen LogP contribution in [0.2, 0.25) is 0 Å². The van der Waals surface area contributed by atoms with Crippen LogP contribution in [0.5, 0.6) is 5.75 Å². The van der Waals surface area contributed by atoms with Crippen molar-refractivity contribution in [2.75, 3.05) is 19.8 Å². The lowest BCUT2D eigenvalue weighted by Crippen LogP contribution is -2.48. The van der Waals surface area contributed by atoms with Crippen LogP contribution in [0.25, 0.3) is 0 Å². The molecule has 0 radical (unpaired) electrons. The van der Waals surface area contributed by atoms with Gasteiger partial charge in [-0.3, -0.25) is 4.79 Å². The minimum absolute atomic E-state index is 0.148. The number of hydrogen-bond acceptors (Lipinski definition) is 5. The van der Waals surface area contributed by atoms with E-state index in [1.807, 2.05) is 12.1 Å². The molecule has 0 fully saturated rings. The van der Waals surface area contributed by atoms with E-state index < -0.39 is 11.4 Å². The van der Waals surface area contributed by atoms with Crippen LogP contribution in [-0.4, -0.2) is 41.5 Å². The van der Waals surface area contributed by atoms with Gasteiger partial charge in [0.15, 0.2) is 6.61 Å². The van der Waals surface area contributed by atoms with Crippen LogP contribution in [0.4, 0.5) is 0 Å². The van der Waals surface area contributed by atoms with Crippen molar-refractivity contribution in [3.63, 3.8) is 0 Å². The number of nitrogens with two attached hydrogens (primary N) is 1. The molecule has 6 heteroatoms. The summed E-state index contributed by atoms with van der Waals surface area (Å²) in [6.07, 6.45) is 0. The third-order valence-corrected chi connectivity index (χ3v) is 2.72. The number of carbonyl (C=O) groups is 1. The fraction of sp³-hybridized carbons (Fsp3) is 0.462. The van der Waals surface area contributed by atoms with Crippen molar-refractivity contribution in [3.05, 3.63) is 29.8 Å². The number of nitrogens with one attached hydrogen (secondary N) is 1. The lowest BCUT2D eigenvalue weighted by Gasteiger charge is -2.26. The molecule has 0 aliphatic carbocycles. The molecule has 0 saturated carbocycles. The minimum Gasteiger partial charge on any atom is -0.484 e. The number of ether oxygens (including phenoxy) is 1. The number of aliphatic hydroxyl groups is 2. The molecule has 1 amide bonds. The van der Waals surface area contributed by atoms with Crippen LogP contribution in [0.15, 0.2) is 24.3 Å². The Morgan fingerprint density at radius 3 is 2.37 bits per heavy atom. The Kier molecular flexibility index (Phi) is 5.75. The van der Waals surface area contributed by atoms with Crippen LogP contribution >= 0.6 is 0 Å². The average Bonchev–Trinajstić information content (AvgIpc) is 2.43. The Morgan fingerprint density at radius 2 is 1.89 bits per heavy atom. The molecule has 1 aromatic carbocycles. The predicted molar refractivity (Wildman–Crippen MR) is 70.5 cm³/mol. The summed E-state index contributed by atoms with van der Waals surface area (Å²) in [5.41, 5.74) is 5.24. The Morgan fingerprint density at radius 1 is 1.32 bits per heavy atom. The summed E-state index contributed by atoms with van der Waals surface area (Å²) in [6.45, 7) is 1.79. The Hall–Kier alpha value is -1.63. The maximum atomic E-state index is 10.6. The average molecular weight is 268 g/mol. The van der Waals surface area contributed by atoms with E-state index in [0.717, 1.165) is 5.56 Å². The van der Waals surface area contributed by atoms with Gasteiger partial charge in [-0.25, -0.2) is 0 Å². The zero-order valence-electron chi connectivity index (χ0n) is 10.9. The number of aliphatic hydroxyl groups excluding tert-OH is 2. The third kappa shape index (κ3) is 5.25. The predicted octanol–water partition coefficient (Wildman–Crippen LogP) is -0.616. The zero-order valence-corrected chi connectivity index (χ0v) is 10.9. The topological polar surface area (TPSA) is 105 Å². The fourth-order valence-corrected chi connectivity index (χ4v) is 1.34. The summed E-state index contributed by atoms with van der Waals surface area (Å²) in [5, 5.41) is 21.4. The second-order valence-corrected chi connectivity index (χ2v) is 4.63. The normalized spacial score (nSPS) is 11.3. The largest absolute Gasteiger partial charge is 0.484 e. The number of carbonyl (C=O) groups excluding carboxylic acids is 1. The maximum Gasteiger partial charge on any atom is 0.255 e. The molecule has 0 unspecified atom stereocenters. The molecule has 0 aliphatic heterocycles. The van der Waals surface area contributed by atoms with E-state index >= 15 is 0 Å². The summed E-state index contributed by atoms with van der Waals surface area (Å²) in [6, 6.07) is 7.13. The highest BCUT2D eigenvalue weighted by atomic mass is 16.5. The van der Waals surface area contributed by atoms with Crippen molar-refractivity contribution in [2.24, 2.45) is 5.73 Å². The summed E-state index contributed by atoms with van der Waals surface area (Å²) < 4.78 is 5.14. The molecule has 0 aliphatic rings. The molecule has 0 saturated heterocycles. The first kappa shape index (κ1) is 15.4. The SMILES string of the molecule is CC(CO)(CO)NCc1ccc(OCC(N)=O)cc1. The van der Waals surface area contributed by atoms with Gasteiger partial charge in [-0.1, -0.05) is 12.1 Å². The first-order chi connectivity index (χ1) is 8.99.